The zero-order valence-electron chi connectivity index (χ0n) is 15.5. The van der Waals surface area contributed by atoms with Gasteiger partial charge in [-0.1, -0.05) is 39.0 Å². The number of benzene rings is 1. The van der Waals surface area contributed by atoms with Crippen molar-refractivity contribution in [1.29, 1.82) is 0 Å². The van der Waals surface area contributed by atoms with Gasteiger partial charge in [0.2, 0.25) is 0 Å². The van der Waals surface area contributed by atoms with Gasteiger partial charge >= 0.3 is 5.97 Å². The van der Waals surface area contributed by atoms with Crippen LogP contribution in [-0.2, 0) is 6.42 Å². The van der Waals surface area contributed by atoms with E-state index in [1.54, 1.807) is 0 Å². The molecule has 0 fully saturated rings. The van der Waals surface area contributed by atoms with Crippen molar-refractivity contribution in [1.82, 2.24) is 4.57 Å². The minimum absolute atomic E-state index is 0.0384. The number of allylic oxidation sites excluding steroid dienone is 2. The predicted octanol–water partition coefficient (Wildman–Crippen LogP) is 4.56. The number of aromatic nitrogens is 1. The Morgan fingerprint density at radius 1 is 1.26 bits per heavy atom. The highest BCUT2D eigenvalue weighted by Gasteiger charge is 2.37. The van der Waals surface area contributed by atoms with E-state index in [1.165, 1.54) is 17.8 Å². The number of hydrogen-bond acceptors (Lipinski definition) is 2. The Bertz CT molecular complexity index is 1120. The van der Waals surface area contributed by atoms with Gasteiger partial charge in [0.25, 0.3) is 0 Å². The summed E-state index contributed by atoms with van der Waals surface area (Å²) in [5.74, 6) is -1.20. The Balaban J connectivity index is 1.96. The van der Waals surface area contributed by atoms with E-state index in [1.807, 2.05) is 22.8 Å². The third-order valence-electron chi connectivity index (χ3n) is 5.63. The summed E-state index contributed by atoms with van der Waals surface area (Å²) in [4.78, 5) is 27.4. The first kappa shape index (κ1) is 17.3. The van der Waals surface area contributed by atoms with Gasteiger partial charge < -0.3 is 9.67 Å². The molecule has 0 saturated heterocycles. The molecular formula is C22H20N2O3. The molecule has 27 heavy (non-hydrogen) atoms. The predicted molar refractivity (Wildman–Crippen MR) is 104 cm³/mol. The molecule has 2 aromatic rings. The van der Waals surface area contributed by atoms with Crippen molar-refractivity contribution in [2.45, 2.75) is 39.7 Å². The average molecular weight is 360 g/mol. The number of carboxylic acids is 1. The number of carboxylic acid groups (broad SMARTS) is 1. The van der Waals surface area contributed by atoms with Crippen LogP contribution in [0.15, 0.2) is 35.3 Å². The summed E-state index contributed by atoms with van der Waals surface area (Å²) >= 11 is 0. The van der Waals surface area contributed by atoms with E-state index in [0.29, 0.717) is 12.1 Å². The molecule has 136 valence electrons. The van der Waals surface area contributed by atoms with Gasteiger partial charge in [-0.25, -0.2) is 9.64 Å². The molecule has 5 nitrogen and oxygen atoms in total. The molecule has 0 spiro atoms. The fraction of sp³-hybridized carbons (Fsp3) is 0.318. The molecule has 1 aromatic carbocycles. The molecule has 1 aliphatic carbocycles. The van der Waals surface area contributed by atoms with Crippen LogP contribution in [0.2, 0.25) is 0 Å². The van der Waals surface area contributed by atoms with Crippen molar-refractivity contribution < 1.29 is 9.90 Å². The Kier molecular flexibility index (Phi) is 3.64. The van der Waals surface area contributed by atoms with Crippen LogP contribution in [0.3, 0.4) is 0 Å². The number of fused-ring (bicyclic) bond motifs is 4. The third kappa shape index (κ3) is 2.60. The molecule has 1 atom stereocenters. The third-order valence-corrected chi connectivity index (χ3v) is 5.63. The standard InChI is InChI=1S/C22H20N2O3/c1-22(2,3)20-9-15-14-6-5-13(23-4)7-12(14)8-16(15)18-10-19(25)17(21(26)27)11-24(18)20/h5-7,10-11,20H,8-9H2,1-3H3,(H,26,27)/t20-/m0/s1. The lowest BCUT2D eigenvalue weighted by molar-refractivity contribution is 0.0693. The summed E-state index contributed by atoms with van der Waals surface area (Å²) in [7, 11) is 0. The maximum Gasteiger partial charge on any atom is 0.341 e. The fourth-order valence-corrected chi connectivity index (χ4v) is 4.25. The molecule has 1 aliphatic heterocycles. The van der Waals surface area contributed by atoms with Crippen molar-refractivity contribution in [2.24, 2.45) is 5.41 Å². The van der Waals surface area contributed by atoms with E-state index in [-0.39, 0.29) is 17.0 Å². The Morgan fingerprint density at radius 3 is 2.63 bits per heavy atom. The van der Waals surface area contributed by atoms with E-state index in [0.717, 1.165) is 28.8 Å². The molecule has 2 heterocycles. The summed E-state index contributed by atoms with van der Waals surface area (Å²) in [6.45, 7) is 13.6. The molecule has 1 aromatic heterocycles. The van der Waals surface area contributed by atoms with Gasteiger partial charge in [0.15, 0.2) is 11.1 Å². The first-order chi connectivity index (χ1) is 12.7. The monoisotopic (exact) mass is 360 g/mol. The van der Waals surface area contributed by atoms with Gasteiger partial charge in [-0.05, 0) is 40.5 Å². The van der Waals surface area contributed by atoms with Crippen LogP contribution >= 0.6 is 0 Å². The second-order valence-corrected chi connectivity index (χ2v) is 8.32. The highest BCUT2D eigenvalue weighted by molar-refractivity contribution is 5.98. The van der Waals surface area contributed by atoms with E-state index in [4.69, 9.17) is 6.57 Å². The Hall–Kier alpha value is -3.13. The Labute approximate surface area is 157 Å². The fourth-order valence-electron chi connectivity index (χ4n) is 4.25. The van der Waals surface area contributed by atoms with Crippen molar-refractivity contribution in [3.63, 3.8) is 0 Å². The molecule has 5 heteroatoms. The summed E-state index contributed by atoms with van der Waals surface area (Å²) in [6, 6.07) is 7.27. The highest BCUT2D eigenvalue weighted by atomic mass is 16.4. The van der Waals surface area contributed by atoms with E-state index < -0.39 is 11.4 Å². The number of rotatable bonds is 1. The number of aromatic carboxylic acids is 1. The molecule has 1 N–H and O–H groups in total. The smallest absolute Gasteiger partial charge is 0.341 e. The lowest BCUT2D eigenvalue weighted by Crippen LogP contribution is -2.32. The second-order valence-electron chi connectivity index (χ2n) is 8.32. The van der Waals surface area contributed by atoms with Crippen LogP contribution in [0.25, 0.3) is 16.0 Å². The Morgan fingerprint density at radius 2 is 2.00 bits per heavy atom. The van der Waals surface area contributed by atoms with Gasteiger partial charge in [0.05, 0.1) is 6.57 Å². The summed E-state index contributed by atoms with van der Waals surface area (Å²) < 4.78 is 1.98. The minimum Gasteiger partial charge on any atom is -0.477 e. The topological polar surface area (TPSA) is 63.7 Å². The van der Waals surface area contributed by atoms with Gasteiger partial charge in [0.1, 0.15) is 5.56 Å². The zero-order valence-corrected chi connectivity index (χ0v) is 15.5. The largest absolute Gasteiger partial charge is 0.477 e. The lowest BCUT2D eigenvalue weighted by Gasteiger charge is -2.39. The maximum absolute atomic E-state index is 12.4. The molecule has 2 aliphatic rings. The van der Waals surface area contributed by atoms with Crippen molar-refractivity contribution >= 4 is 22.8 Å². The molecule has 4 rings (SSSR count). The molecule has 0 bridgehead atoms. The normalized spacial score (nSPS) is 17.8. The molecular weight excluding hydrogens is 340 g/mol. The van der Waals surface area contributed by atoms with E-state index >= 15 is 0 Å². The van der Waals surface area contributed by atoms with Crippen molar-refractivity contribution in [2.75, 3.05) is 0 Å². The molecule has 0 unspecified atom stereocenters. The van der Waals surface area contributed by atoms with Crippen molar-refractivity contribution in [3.05, 3.63) is 74.5 Å². The lowest BCUT2D eigenvalue weighted by atomic mass is 9.78. The first-order valence-electron chi connectivity index (χ1n) is 8.93. The molecule has 0 amide bonds. The average Bonchev–Trinajstić information content (AvgIpc) is 2.97. The number of hydrogen-bond donors (Lipinski definition) is 1. The number of nitrogens with zero attached hydrogens (tertiary/aromatic N) is 2. The molecule has 0 saturated carbocycles. The first-order valence-corrected chi connectivity index (χ1v) is 8.93. The van der Waals surface area contributed by atoms with Crippen LogP contribution in [0.1, 0.15) is 60.4 Å². The quantitative estimate of drug-likeness (QED) is 0.759. The van der Waals surface area contributed by atoms with Crippen molar-refractivity contribution in [3.8, 4) is 0 Å². The second kappa shape index (κ2) is 5.68. The van der Waals surface area contributed by atoms with Crippen LogP contribution in [-0.4, -0.2) is 15.6 Å². The van der Waals surface area contributed by atoms with Crippen LogP contribution in [0, 0.1) is 12.0 Å². The van der Waals surface area contributed by atoms with Crippen LogP contribution in [0.4, 0.5) is 5.69 Å². The summed E-state index contributed by atoms with van der Waals surface area (Å²) in [5, 5.41) is 9.39. The minimum atomic E-state index is -1.20. The number of pyridine rings is 1. The van der Waals surface area contributed by atoms with Gasteiger partial charge in [-0.2, -0.15) is 0 Å². The zero-order chi connectivity index (χ0) is 19.5. The van der Waals surface area contributed by atoms with E-state index in [9.17, 15) is 14.7 Å². The van der Waals surface area contributed by atoms with E-state index in [2.05, 4.69) is 25.6 Å². The summed E-state index contributed by atoms with van der Waals surface area (Å²) in [6.07, 6.45) is 2.95. The van der Waals surface area contributed by atoms with Crippen LogP contribution < -0.4 is 5.43 Å². The highest BCUT2D eigenvalue weighted by Crippen LogP contribution is 2.50. The number of carbonyl (C=O) groups is 1. The van der Waals surface area contributed by atoms with Gasteiger partial charge in [-0.3, -0.25) is 4.79 Å². The maximum atomic E-state index is 12.4. The SMILES string of the molecule is [C-]#[N+]c1ccc2c(c1)CC1=C2C[C@@H](C(C)(C)C)n2cc(C(=O)O)c(=O)cc21. The van der Waals surface area contributed by atoms with Gasteiger partial charge in [-0.15, -0.1) is 0 Å². The molecule has 0 radical (unpaired) electrons. The van der Waals surface area contributed by atoms with Gasteiger partial charge in [0, 0.05) is 24.0 Å². The summed E-state index contributed by atoms with van der Waals surface area (Å²) in [5.41, 5.74) is 5.17. The van der Waals surface area contributed by atoms with Crippen LogP contribution in [0.5, 0.6) is 0 Å².